The standard InChI is InChI=1S/C18H20O3/c1-3-7-14-8-5-6-9-17(14)21-16-12-10-15(11-13-16)18(19)20-4-2/h5-6,8-13H,3-4,7H2,1-2H3. The number of esters is 1. The first-order chi connectivity index (χ1) is 10.2. The van der Waals surface area contributed by atoms with Crippen molar-refractivity contribution in [3.8, 4) is 11.5 Å². The summed E-state index contributed by atoms with van der Waals surface area (Å²) < 4.78 is 10.9. The van der Waals surface area contributed by atoms with Crippen LogP contribution in [-0.2, 0) is 11.2 Å². The number of carbonyl (C=O) groups excluding carboxylic acids is 1. The lowest BCUT2D eigenvalue weighted by Crippen LogP contribution is -2.04. The molecule has 0 N–H and O–H groups in total. The molecule has 2 aromatic rings. The summed E-state index contributed by atoms with van der Waals surface area (Å²) in [7, 11) is 0. The van der Waals surface area contributed by atoms with Crippen molar-refractivity contribution in [1.82, 2.24) is 0 Å². The van der Waals surface area contributed by atoms with Gasteiger partial charge in [-0.1, -0.05) is 31.5 Å². The summed E-state index contributed by atoms with van der Waals surface area (Å²) in [5, 5.41) is 0. The van der Waals surface area contributed by atoms with Crippen LogP contribution < -0.4 is 4.74 Å². The summed E-state index contributed by atoms with van der Waals surface area (Å²) in [6.07, 6.45) is 2.05. The van der Waals surface area contributed by atoms with Gasteiger partial charge in [-0.15, -0.1) is 0 Å². The van der Waals surface area contributed by atoms with Crippen molar-refractivity contribution in [2.45, 2.75) is 26.7 Å². The fraction of sp³-hybridized carbons (Fsp3) is 0.278. The summed E-state index contributed by atoms with van der Waals surface area (Å²) >= 11 is 0. The second-order valence-electron chi connectivity index (χ2n) is 4.70. The summed E-state index contributed by atoms with van der Waals surface area (Å²) in [4.78, 5) is 11.6. The molecule has 0 saturated carbocycles. The largest absolute Gasteiger partial charge is 0.462 e. The monoisotopic (exact) mass is 284 g/mol. The Bertz CT molecular complexity index is 588. The third-order valence-corrected chi connectivity index (χ3v) is 3.09. The Morgan fingerprint density at radius 3 is 2.38 bits per heavy atom. The number of carbonyl (C=O) groups is 1. The number of benzene rings is 2. The normalized spacial score (nSPS) is 10.2. The van der Waals surface area contributed by atoms with Gasteiger partial charge >= 0.3 is 5.97 Å². The van der Waals surface area contributed by atoms with Crippen LogP contribution in [0.4, 0.5) is 0 Å². The fourth-order valence-corrected chi connectivity index (χ4v) is 2.08. The van der Waals surface area contributed by atoms with Crippen molar-refractivity contribution >= 4 is 5.97 Å². The van der Waals surface area contributed by atoms with Crippen LogP contribution >= 0.6 is 0 Å². The van der Waals surface area contributed by atoms with E-state index in [4.69, 9.17) is 9.47 Å². The minimum atomic E-state index is -0.310. The van der Waals surface area contributed by atoms with Gasteiger partial charge in [-0.05, 0) is 49.2 Å². The van der Waals surface area contributed by atoms with E-state index >= 15 is 0 Å². The van der Waals surface area contributed by atoms with Gasteiger partial charge in [0.1, 0.15) is 11.5 Å². The van der Waals surface area contributed by atoms with Gasteiger partial charge < -0.3 is 9.47 Å². The molecule has 0 aliphatic carbocycles. The Labute approximate surface area is 125 Å². The Balaban J connectivity index is 2.12. The van der Waals surface area contributed by atoms with Crippen LogP contribution in [0.2, 0.25) is 0 Å². The molecule has 0 aliphatic heterocycles. The minimum absolute atomic E-state index is 0.310. The lowest BCUT2D eigenvalue weighted by Gasteiger charge is -2.11. The molecule has 0 spiro atoms. The van der Waals surface area contributed by atoms with Gasteiger partial charge in [-0.3, -0.25) is 0 Å². The molecule has 0 atom stereocenters. The second kappa shape index (κ2) is 7.48. The Morgan fingerprint density at radius 1 is 1.00 bits per heavy atom. The van der Waals surface area contributed by atoms with E-state index in [1.807, 2.05) is 18.2 Å². The zero-order chi connectivity index (χ0) is 15.1. The lowest BCUT2D eigenvalue weighted by atomic mass is 10.1. The molecule has 0 bridgehead atoms. The molecule has 3 nitrogen and oxygen atoms in total. The Kier molecular flexibility index (Phi) is 5.38. The maximum Gasteiger partial charge on any atom is 0.338 e. The van der Waals surface area contributed by atoms with Gasteiger partial charge in [-0.2, -0.15) is 0 Å². The van der Waals surface area contributed by atoms with Gasteiger partial charge in [0.2, 0.25) is 0 Å². The summed E-state index contributed by atoms with van der Waals surface area (Å²) in [6, 6.07) is 15.0. The van der Waals surface area contributed by atoms with E-state index in [-0.39, 0.29) is 5.97 Å². The molecule has 21 heavy (non-hydrogen) atoms. The van der Waals surface area contributed by atoms with Gasteiger partial charge in [0.25, 0.3) is 0 Å². The average Bonchev–Trinajstić information content (AvgIpc) is 2.50. The van der Waals surface area contributed by atoms with Crippen LogP contribution in [0.15, 0.2) is 48.5 Å². The second-order valence-corrected chi connectivity index (χ2v) is 4.70. The highest BCUT2D eigenvalue weighted by Crippen LogP contribution is 2.26. The molecular weight excluding hydrogens is 264 g/mol. The van der Waals surface area contributed by atoms with Crippen molar-refractivity contribution in [3.63, 3.8) is 0 Å². The van der Waals surface area contributed by atoms with E-state index in [0.717, 1.165) is 18.6 Å². The molecule has 110 valence electrons. The molecule has 0 unspecified atom stereocenters. The maximum atomic E-state index is 11.6. The van der Waals surface area contributed by atoms with Gasteiger partial charge in [0.15, 0.2) is 0 Å². The van der Waals surface area contributed by atoms with E-state index in [1.54, 1.807) is 31.2 Å². The van der Waals surface area contributed by atoms with Gasteiger partial charge in [0.05, 0.1) is 12.2 Å². The molecule has 0 aromatic heterocycles. The van der Waals surface area contributed by atoms with Crippen molar-refractivity contribution in [2.24, 2.45) is 0 Å². The molecular formula is C18H20O3. The third-order valence-electron chi connectivity index (χ3n) is 3.09. The number of para-hydroxylation sites is 1. The molecule has 0 fully saturated rings. The van der Waals surface area contributed by atoms with Crippen molar-refractivity contribution in [2.75, 3.05) is 6.61 Å². The quantitative estimate of drug-likeness (QED) is 0.727. The minimum Gasteiger partial charge on any atom is -0.462 e. The van der Waals surface area contributed by atoms with Crippen LogP contribution in [0.3, 0.4) is 0 Å². The first kappa shape index (κ1) is 15.1. The predicted molar refractivity (Wildman–Crippen MR) is 82.9 cm³/mol. The van der Waals surface area contributed by atoms with E-state index in [0.29, 0.717) is 17.9 Å². The molecule has 3 heteroatoms. The molecule has 2 aromatic carbocycles. The number of aryl methyl sites for hydroxylation is 1. The summed E-state index contributed by atoms with van der Waals surface area (Å²) in [5.41, 5.74) is 1.72. The highest BCUT2D eigenvalue weighted by Gasteiger charge is 2.07. The van der Waals surface area contributed by atoms with Crippen LogP contribution in [0.25, 0.3) is 0 Å². The number of hydrogen-bond donors (Lipinski definition) is 0. The smallest absolute Gasteiger partial charge is 0.338 e. The van der Waals surface area contributed by atoms with E-state index in [2.05, 4.69) is 13.0 Å². The summed E-state index contributed by atoms with van der Waals surface area (Å²) in [6.45, 7) is 4.31. The Morgan fingerprint density at radius 2 is 1.71 bits per heavy atom. The number of ether oxygens (including phenoxy) is 2. The lowest BCUT2D eigenvalue weighted by molar-refractivity contribution is 0.0526. The third kappa shape index (κ3) is 4.09. The number of rotatable bonds is 6. The predicted octanol–water partition coefficient (Wildman–Crippen LogP) is 4.61. The fourth-order valence-electron chi connectivity index (χ4n) is 2.08. The van der Waals surface area contributed by atoms with Crippen molar-refractivity contribution < 1.29 is 14.3 Å². The molecule has 0 aliphatic rings. The van der Waals surface area contributed by atoms with Gasteiger partial charge in [0, 0.05) is 0 Å². The zero-order valence-corrected chi connectivity index (χ0v) is 12.5. The van der Waals surface area contributed by atoms with E-state index < -0.39 is 0 Å². The van der Waals surface area contributed by atoms with Crippen molar-refractivity contribution in [1.29, 1.82) is 0 Å². The Hall–Kier alpha value is -2.29. The molecule has 2 rings (SSSR count). The summed E-state index contributed by atoms with van der Waals surface area (Å²) in [5.74, 6) is 1.27. The van der Waals surface area contributed by atoms with Crippen LogP contribution in [0.1, 0.15) is 36.2 Å². The van der Waals surface area contributed by atoms with Gasteiger partial charge in [-0.25, -0.2) is 4.79 Å². The van der Waals surface area contributed by atoms with Crippen LogP contribution in [0, 0.1) is 0 Å². The first-order valence-electron chi connectivity index (χ1n) is 7.27. The van der Waals surface area contributed by atoms with E-state index in [1.165, 1.54) is 5.56 Å². The van der Waals surface area contributed by atoms with Crippen molar-refractivity contribution in [3.05, 3.63) is 59.7 Å². The molecule has 0 radical (unpaired) electrons. The first-order valence-corrected chi connectivity index (χ1v) is 7.27. The molecule has 0 saturated heterocycles. The maximum absolute atomic E-state index is 11.6. The topological polar surface area (TPSA) is 35.5 Å². The van der Waals surface area contributed by atoms with E-state index in [9.17, 15) is 4.79 Å². The highest BCUT2D eigenvalue weighted by atomic mass is 16.5. The zero-order valence-electron chi connectivity index (χ0n) is 12.5. The SMILES string of the molecule is CCCc1ccccc1Oc1ccc(C(=O)OCC)cc1. The van der Waals surface area contributed by atoms with Crippen LogP contribution in [0.5, 0.6) is 11.5 Å². The highest BCUT2D eigenvalue weighted by molar-refractivity contribution is 5.89. The average molecular weight is 284 g/mol. The number of hydrogen-bond acceptors (Lipinski definition) is 3. The van der Waals surface area contributed by atoms with Crippen LogP contribution in [-0.4, -0.2) is 12.6 Å². The molecule has 0 amide bonds. The molecule has 0 heterocycles.